The first-order valence-electron chi connectivity index (χ1n) is 25.4. The molecule has 0 saturated carbocycles. The maximum absolute atomic E-state index is 16.9. The summed E-state index contributed by atoms with van der Waals surface area (Å²) >= 11 is 6.52. The van der Waals surface area contributed by atoms with Crippen molar-refractivity contribution in [2.45, 2.75) is 122 Å². The number of aromatic nitrogens is 3. The third-order valence-corrected chi connectivity index (χ3v) is 15.8. The van der Waals surface area contributed by atoms with Crippen LogP contribution in [0.2, 0.25) is 0 Å². The Morgan fingerprint density at radius 3 is 2.45 bits per heavy atom. The van der Waals surface area contributed by atoms with Crippen LogP contribution in [-0.4, -0.2) is 155 Å². The molecule has 4 aliphatic heterocycles. The van der Waals surface area contributed by atoms with Crippen LogP contribution in [0.15, 0.2) is 29.8 Å². The van der Waals surface area contributed by atoms with Gasteiger partial charge in [0.15, 0.2) is 5.67 Å². The monoisotopic (exact) mass is 1070 g/mol. The predicted molar refractivity (Wildman–Crippen MR) is 274 cm³/mol. The number of thiazole rings is 1. The highest BCUT2D eigenvalue weighted by molar-refractivity contribution is 7.10. The van der Waals surface area contributed by atoms with Crippen LogP contribution in [0.3, 0.4) is 0 Å². The summed E-state index contributed by atoms with van der Waals surface area (Å²) in [5.41, 5.74) is 2.94. The number of esters is 1. The molecule has 8 rings (SSSR count). The number of piperidine rings is 1. The molecule has 17 nitrogen and oxygen atoms in total. The van der Waals surface area contributed by atoms with Crippen LogP contribution >= 0.6 is 22.9 Å². The Kier molecular flexibility index (Phi) is 16.7. The zero-order valence-corrected chi connectivity index (χ0v) is 44.8. The van der Waals surface area contributed by atoms with E-state index in [2.05, 4.69) is 26.3 Å². The maximum atomic E-state index is 16.9. The summed E-state index contributed by atoms with van der Waals surface area (Å²) in [6, 6.07) is 1.94. The van der Waals surface area contributed by atoms with E-state index in [1.54, 1.807) is 32.4 Å². The molecule has 0 aliphatic carbocycles. The second kappa shape index (κ2) is 22.5. The van der Waals surface area contributed by atoms with E-state index in [9.17, 15) is 28.4 Å². The van der Waals surface area contributed by atoms with E-state index in [1.165, 1.54) is 29.5 Å². The number of pyridine rings is 1. The second-order valence-corrected chi connectivity index (χ2v) is 22.2. The molecule has 5 atom stereocenters. The molecule has 4 aromatic rings. The number of hydrogen-bond acceptors (Lipinski definition) is 13. The van der Waals surface area contributed by atoms with Gasteiger partial charge in [0.05, 0.1) is 65.4 Å². The second-order valence-electron chi connectivity index (χ2n) is 20.9. The number of anilines is 1. The molecule has 74 heavy (non-hydrogen) atoms. The van der Waals surface area contributed by atoms with Gasteiger partial charge in [-0.25, -0.2) is 23.6 Å². The number of methoxy groups -OCH3 is 1. The molecule has 402 valence electrons. The van der Waals surface area contributed by atoms with Crippen LogP contribution in [0.4, 0.5) is 18.9 Å². The minimum atomic E-state index is -2.47. The molecule has 0 unspecified atom stereocenters. The van der Waals surface area contributed by atoms with Crippen LogP contribution in [-0.2, 0) is 57.6 Å². The number of fused-ring (bicyclic) bond motifs is 6. The quantitative estimate of drug-likeness (QED) is 0.123. The number of ether oxygens (including phenoxy) is 3. The number of carbonyl (C=O) groups is 5. The zero-order valence-electron chi connectivity index (χ0n) is 43.3. The van der Waals surface area contributed by atoms with E-state index < -0.39 is 95.1 Å². The number of morpholine rings is 1. The average molecular weight is 1070 g/mol. The molecular formula is C52H67ClF3N9O8S. The van der Waals surface area contributed by atoms with E-state index in [-0.39, 0.29) is 38.2 Å². The lowest BCUT2D eigenvalue weighted by molar-refractivity contribution is -0.156. The van der Waals surface area contributed by atoms with Gasteiger partial charge in [-0.3, -0.25) is 34.0 Å². The molecule has 22 heteroatoms. The van der Waals surface area contributed by atoms with Crippen molar-refractivity contribution in [3.8, 4) is 22.5 Å². The third kappa shape index (κ3) is 11.3. The molecule has 0 spiro atoms. The van der Waals surface area contributed by atoms with Crippen molar-refractivity contribution in [2.75, 3.05) is 71.6 Å². The summed E-state index contributed by atoms with van der Waals surface area (Å²) in [7, 11) is 2.94. The van der Waals surface area contributed by atoms with E-state index >= 15 is 8.78 Å². The number of benzene rings is 1. The van der Waals surface area contributed by atoms with Gasteiger partial charge in [-0.2, -0.15) is 0 Å². The Bertz CT molecular complexity index is 2760. The Hall–Kier alpha value is -5.35. The number of likely N-dealkylation sites (N-methyl/N-ethyl adjacent to an activating group) is 1. The minimum Gasteiger partial charge on any atom is -0.464 e. The normalized spacial score (nSPS) is 21.7. The predicted octanol–water partition coefficient (Wildman–Crippen LogP) is 6.53. The van der Waals surface area contributed by atoms with Crippen molar-refractivity contribution in [1.29, 1.82) is 0 Å². The Balaban J connectivity index is 1.19. The van der Waals surface area contributed by atoms with Gasteiger partial charge in [-0.15, -0.1) is 11.3 Å². The van der Waals surface area contributed by atoms with E-state index in [1.807, 2.05) is 33.9 Å². The Morgan fingerprint density at radius 1 is 1.07 bits per heavy atom. The van der Waals surface area contributed by atoms with Crippen molar-refractivity contribution in [3.63, 3.8) is 0 Å². The topological polar surface area (TPSA) is 181 Å². The molecule has 2 N–H and O–H groups in total. The van der Waals surface area contributed by atoms with Crippen molar-refractivity contribution in [2.24, 2.45) is 11.3 Å². The van der Waals surface area contributed by atoms with Gasteiger partial charge in [0.1, 0.15) is 23.9 Å². The number of nitrogens with zero attached hydrogens (tertiary/aromatic N) is 7. The number of nitrogens with one attached hydrogen (secondary N) is 2. The first-order valence-corrected chi connectivity index (χ1v) is 26.7. The third-order valence-electron chi connectivity index (χ3n) is 14.7. The number of aryl methyl sites for hydroxylation is 1. The summed E-state index contributed by atoms with van der Waals surface area (Å²) in [6.45, 7) is 14.0. The van der Waals surface area contributed by atoms with E-state index in [0.717, 1.165) is 37.7 Å². The molecule has 7 heterocycles. The lowest BCUT2D eigenvalue weighted by Crippen LogP contribution is -2.63. The van der Waals surface area contributed by atoms with Gasteiger partial charge >= 0.3 is 5.97 Å². The summed E-state index contributed by atoms with van der Waals surface area (Å²) in [6.07, 6.45) is 1.59. The minimum absolute atomic E-state index is 0.00332. The Labute approximate surface area is 438 Å². The summed E-state index contributed by atoms with van der Waals surface area (Å²) < 4.78 is 66.7. The molecule has 3 aromatic heterocycles. The van der Waals surface area contributed by atoms with Gasteiger partial charge in [0.2, 0.25) is 5.91 Å². The van der Waals surface area contributed by atoms with Gasteiger partial charge in [0, 0.05) is 100.0 Å². The zero-order chi connectivity index (χ0) is 53.4. The number of alkyl halides is 3. The SMILES string of the molecule is CCn1c(-c2cc(N3CCOCC3)cnc2[C@H](C)OC)c2c3cc(c(F)cc31)-c1csc(n1)C[C@H](NC(=O)[C@H](C(C)C)N(C)C(=O)C1(F)CCN(C(=O)[C@H](F)Cl)CC1)C(=O)N1CCC[C@H](N1)C(=O)OCC(C)(C)C2. The van der Waals surface area contributed by atoms with Crippen molar-refractivity contribution in [1.82, 2.24) is 40.1 Å². The number of amides is 4. The summed E-state index contributed by atoms with van der Waals surface area (Å²) in [5, 5.41) is 6.98. The number of likely N-dealkylation sites (tertiary alicyclic amines) is 1. The number of halogens is 4. The van der Waals surface area contributed by atoms with Crippen molar-refractivity contribution in [3.05, 3.63) is 51.9 Å². The van der Waals surface area contributed by atoms with E-state index in [4.69, 9.17) is 35.8 Å². The highest BCUT2D eigenvalue weighted by atomic mass is 35.5. The first kappa shape index (κ1) is 54.9. The van der Waals surface area contributed by atoms with Gasteiger partial charge in [0.25, 0.3) is 23.4 Å². The largest absolute Gasteiger partial charge is 0.464 e. The molecule has 4 amide bonds. The number of cyclic esters (lactones) is 1. The van der Waals surface area contributed by atoms with E-state index in [0.29, 0.717) is 74.0 Å². The Morgan fingerprint density at radius 2 is 1.78 bits per heavy atom. The van der Waals surface area contributed by atoms with Gasteiger partial charge < -0.3 is 38.8 Å². The smallest absolute Gasteiger partial charge is 0.324 e. The molecule has 3 fully saturated rings. The van der Waals surface area contributed by atoms with Gasteiger partial charge in [-0.05, 0) is 62.8 Å². The fraction of sp³-hybridized carbons (Fsp3) is 0.596. The number of hydrogen-bond donors (Lipinski definition) is 2. The van der Waals surface area contributed by atoms with Crippen LogP contribution in [0.5, 0.6) is 0 Å². The summed E-state index contributed by atoms with van der Waals surface area (Å²) in [4.78, 5) is 83.5. The van der Waals surface area contributed by atoms with Gasteiger partial charge in [-0.1, -0.05) is 39.3 Å². The average Bonchev–Trinajstić information content (AvgIpc) is 3.97. The van der Waals surface area contributed by atoms with Crippen LogP contribution in [0, 0.1) is 17.2 Å². The molecule has 0 radical (unpaired) electrons. The van der Waals surface area contributed by atoms with Crippen LogP contribution in [0.25, 0.3) is 33.4 Å². The number of hydrazine groups is 1. The lowest BCUT2D eigenvalue weighted by Gasteiger charge is -2.40. The van der Waals surface area contributed by atoms with Crippen molar-refractivity contribution >= 4 is 69.1 Å². The number of rotatable bonds is 11. The molecular weight excluding hydrogens is 1000 g/mol. The molecule has 1 aromatic carbocycles. The fourth-order valence-electron chi connectivity index (χ4n) is 10.7. The molecule has 6 bridgehead atoms. The van der Waals surface area contributed by atoms with Crippen molar-refractivity contribution < 1.29 is 51.4 Å². The highest BCUT2D eigenvalue weighted by Gasteiger charge is 2.48. The lowest BCUT2D eigenvalue weighted by atomic mass is 9.84. The molecule has 3 saturated heterocycles. The summed E-state index contributed by atoms with van der Waals surface area (Å²) in [5.74, 6) is -5.06. The first-order chi connectivity index (χ1) is 35.1. The fourth-order valence-corrected chi connectivity index (χ4v) is 11.7. The van der Waals surface area contributed by atoms with Crippen LogP contribution in [0.1, 0.15) is 89.6 Å². The molecule has 4 aliphatic rings. The van der Waals surface area contributed by atoms with Crippen LogP contribution < -0.4 is 15.6 Å². The highest BCUT2D eigenvalue weighted by Crippen LogP contribution is 2.44. The maximum Gasteiger partial charge on any atom is 0.324 e. The number of carbonyl (C=O) groups excluding carboxylic acids is 5. The standard InChI is InChI=1S/C52H67ClF3N9O8S/c1-9-64-40-23-36(54)33-22-32(40)35(44(64)34-21-31(62-17-19-72-20-18-62)26-57-42(34)30(4)71-8)25-51(5,6)28-73-49(69)37-11-10-14-65(60-37)47(67)38(24-41-58-39(33)27-74-41)59-46(66)43(29(2)3)61(7)50(70)52(56)12-15-63(16-13-52)48(68)45(53)55/h21-23,26-27,29-30,37-38,43,45,60H,9-20,24-25,28H2,1-8H3,(H,59,66)/t30-,37-,38-,43-,45-/m0/s1.